The lowest BCUT2D eigenvalue weighted by atomic mass is 10.1. The number of carbonyl (C=O) groups is 1. The number of benzene rings is 1. The molecule has 28 heavy (non-hydrogen) atoms. The Kier molecular flexibility index (Phi) is 6.10. The molecule has 0 radical (unpaired) electrons. The van der Waals surface area contributed by atoms with Crippen molar-refractivity contribution in [3.05, 3.63) is 41.6 Å². The maximum absolute atomic E-state index is 12.7. The van der Waals surface area contributed by atoms with Crippen LogP contribution in [0.5, 0.6) is 6.01 Å². The summed E-state index contributed by atoms with van der Waals surface area (Å²) in [4.78, 5) is 21.9. The van der Waals surface area contributed by atoms with Crippen LogP contribution >= 0.6 is 0 Å². The number of rotatable bonds is 6. The van der Waals surface area contributed by atoms with Crippen molar-refractivity contribution in [3.8, 4) is 17.3 Å². The lowest BCUT2D eigenvalue weighted by Crippen LogP contribution is -2.38. The minimum Gasteiger partial charge on any atom is -0.462 e. The van der Waals surface area contributed by atoms with Crippen molar-refractivity contribution in [2.75, 3.05) is 39.5 Å². The fourth-order valence-corrected chi connectivity index (χ4v) is 2.68. The molecular weight excluding hydrogens is 377 g/mol. The molecule has 0 aliphatic carbocycles. The molecule has 1 aliphatic heterocycles. The van der Waals surface area contributed by atoms with Crippen molar-refractivity contribution in [1.82, 2.24) is 14.9 Å². The summed E-state index contributed by atoms with van der Waals surface area (Å²) in [7, 11) is 0. The number of ether oxygens (including phenoxy) is 2. The average Bonchev–Trinajstić information content (AvgIpc) is 2.68. The third-order valence-electron chi connectivity index (χ3n) is 4.21. The minimum atomic E-state index is -4.43. The quantitative estimate of drug-likeness (QED) is 0.803. The number of alkyl halides is 3. The zero-order chi connectivity index (χ0) is 20.1. The van der Waals surface area contributed by atoms with Gasteiger partial charge in [-0.1, -0.05) is 12.1 Å². The van der Waals surface area contributed by atoms with Crippen molar-refractivity contribution >= 4 is 5.91 Å². The summed E-state index contributed by atoms with van der Waals surface area (Å²) >= 11 is 0. The van der Waals surface area contributed by atoms with Crippen molar-refractivity contribution in [3.63, 3.8) is 0 Å². The van der Waals surface area contributed by atoms with E-state index in [0.29, 0.717) is 25.3 Å². The van der Waals surface area contributed by atoms with E-state index >= 15 is 0 Å². The van der Waals surface area contributed by atoms with E-state index in [-0.39, 0.29) is 24.0 Å². The van der Waals surface area contributed by atoms with Gasteiger partial charge in [-0.05, 0) is 18.2 Å². The largest absolute Gasteiger partial charge is 0.462 e. The SMILES string of the molecule is NC(=O)c1cc(-c2ccc(C(F)(F)F)cc2)nc(OCCN2CCOCC2)n1. The summed E-state index contributed by atoms with van der Waals surface area (Å²) in [6, 6.07) is 5.70. The Morgan fingerprint density at radius 2 is 1.86 bits per heavy atom. The van der Waals surface area contributed by atoms with Crippen LogP contribution < -0.4 is 10.5 Å². The van der Waals surface area contributed by atoms with Crippen LogP contribution in [0.2, 0.25) is 0 Å². The number of amides is 1. The van der Waals surface area contributed by atoms with Crippen LogP contribution in [-0.2, 0) is 10.9 Å². The molecule has 0 saturated carbocycles. The van der Waals surface area contributed by atoms with Gasteiger partial charge in [0.25, 0.3) is 5.91 Å². The molecule has 1 aliphatic rings. The monoisotopic (exact) mass is 396 g/mol. The highest BCUT2D eigenvalue weighted by Crippen LogP contribution is 2.31. The minimum absolute atomic E-state index is 0.0561. The van der Waals surface area contributed by atoms with Crippen LogP contribution in [0, 0.1) is 0 Å². The molecule has 1 amide bonds. The second-order valence-corrected chi connectivity index (χ2v) is 6.16. The number of aromatic nitrogens is 2. The van der Waals surface area contributed by atoms with Crippen molar-refractivity contribution < 1.29 is 27.4 Å². The molecule has 2 aromatic rings. The molecule has 2 heterocycles. The Morgan fingerprint density at radius 3 is 2.46 bits per heavy atom. The van der Waals surface area contributed by atoms with E-state index in [1.807, 2.05) is 0 Å². The molecule has 0 bridgehead atoms. The van der Waals surface area contributed by atoms with E-state index in [1.165, 1.54) is 18.2 Å². The Morgan fingerprint density at radius 1 is 1.18 bits per heavy atom. The van der Waals surface area contributed by atoms with Gasteiger partial charge < -0.3 is 15.2 Å². The zero-order valence-electron chi connectivity index (χ0n) is 14.9. The molecule has 1 saturated heterocycles. The predicted molar refractivity (Wildman–Crippen MR) is 93.7 cm³/mol. The van der Waals surface area contributed by atoms with Crippen LogP contribution in [0.3, 0.4) is 0 Å². The van der Waals surface area contributed by atoms with E-state index in [0.717, 1.165) is 25.2 Å². The third-order valence-corrected chi connectivity index (χ3v) is 4.21. The normalized spacial score (nSPS) is 15.4. The van der Waals surface area contributed by atoms with Gasteiger partial charge in [0.1, 0.15) is 12.3 Å². The molecule has 1 aromatic heterocycles. The average molecular weight is 396 g/mol. The van der Waals surface area contributed by atoms with E-state index < -0.39 is 17.6 Å². The van der Waals surface area contributed by atoms with Gasteiger partial charge in [0.2, 0.25) is 0 Å². The topological polar surface area (TPSA) is 90.6 Å². The second kappa shape index (κ2) is 8.53. The van der Waals surface area contributed by atoms with Crippen LogP contribution in [-0.4, -0.2) is 60.2 Å². The standard InChI is InChI=1S/C18H19F3N4O3/c19-18(20,21)13-3-1-12(2-4-13)14-11-15(16(22)26)24-17(23-14)28-10-7-25-5-8-27-9-6-25/h1-4,11H,5-10H2,(H2,22,26). The Hall–Kier alpha value is -2.72. The summed E-state index contributed by atoms with van der Waals surface area (Å²) in [6.07, 6.45) is -4.43. The molecule has 3 rings (SSSR count). The number of nitrogens with zero attached hydrogens (tertiary/aromatic N) is 3. The summed E-state index contributed by atoms with van der Waals surface area (Å²) in [6.45, 7) is 3.82. The number of carbonyl (C=O) groups excluding carboxylic acids is 1. The molecule has 1 aromatic carbocycles. The van der Waals surface area contributed by atoms with Crippen LogP contribution in [0.4, 0.5) is 13.2 Å². The highest BCUT2D eigenvalue weighted by molar-refractivity contribution is 5.91. The van der Waals surface area contributed by atoms with Gasteiger partial charge in [0.15, 0.2) is 0 Å². The van der Waals surface area contributed by atoms with Crippen molar-refractivity contribution in [1.29, 1.82) is 0 Å². The second-order valence-electron chi connectivity index (χ2n) is 6.16. The molecule has 150 valence electrons. The number of morpholine rings is 1. The van der Waals surface area contributed by atoms with Gasteiger partial charge in [-0.25, -0.2) is 0 Å². The Bertz CT molecular complexity index is 822. The van der Waals surface area contributed by atoms with Crippen LogP contribution in [0.15, 0.2) is 30.3 Å². The maximum atomic E-state index is 12.7. The molecule has 10 heteroatoms. The molecule has 0 atom stereocenters. The molecule has 0 unspecified atom stereocenters. The first-order valence-corrected chi connectivity index (χ1v) is 8.62. The summed E-state index contributed by atoms with van der Waals surface area (Å²) in [5, 5.41) is 0. The van der Waals surface area contributed by atoms with E-state index in [1.54, 1.807) is 0 Å². The van der Waals surface area contributed by atoms with Gasteiger partial charge in [0.05, 0.1) is 24.5 Å². The number of hydrogen-bond acceptors (Lipinski definition) is 6. The predicted octanol–water partition coefficient (Wildman–Crippen LogP) is 1.97. The fraction of sp³-hybridized carbons (Fsp3) is 0.389. The molecule has 2 N–H and O–H groups in total. The van der Waals surface area contributed by atoms with Gasteiger partial charge in [-0.3, -0.25) is 9.69 Å². The first-order chi connectivity index (χ1) is 13.3. The zero-order valence-corrected chi connectivity index (χ0v) is 14.9. The molecule has 7 nitrogen and oxygen atoms in total. The number of primary amides is 1. The summed E-state index contributed by atoms with van der Waals surface area (Å²) in [5.74, 6) is -0.784. The fourth-order valence-electron chi connectivity index (χ4n) is 2.68. The van der Waals surface area contributed by atoms with Gasteiger partial charge in [-0.15, -0.1) is 0 Å². The number of halogens is 3. The lowest BCUT2D eigenvalue weighted by Gasteiger charge is -2.26. The highest BCUT2D eigenvalue weighted by Gasteiger charge is 2.30. The Labute approximate surface area is 159 Å². The molecule has 1 fully saturated rings. The third kappa shape index (κ3) is 5.17. The van der Waals surface area contributed by atoms with Gasteiger partial charge >= 0.3 is 12.2 Å². The van der Waals surface area contributed by atoms with Crippen LogP contribution in [0.1, 0.15) is 16.1 Å². The number of nitrogens with two attached hydrogens (primary N) is 1. The lowest BCUT2D eigenvalue weighted by molar-refractivity contribution is -0.137. The Balaban J connectivity index is 1.76. The van der Waals surface area contributed by atoms with Crippen molar-refractivity contribution in [2.24, 2.45) is 5.73 Å². The number of hydrogen-bond donors (Lipinski definition) is 1. The molecule has 0 spiro atoms. The summed E-state index contributed by atoms with van der Waals surface area (Å²) in [5.41, 5.74) is 5.08. The van der Waals surface area contributed by atoms with Crippen molar-refractivity contribution in [2.45, 2.75) is 6.18 Å². The maximum Gasteiger partial charge on any atom is 0.416 e. The van der Waals surface area contributed by atoms with E-state index in [2.05, 4.69) is 14.9 Å². The van der Waals surface area contributed by atoms with Gasteiger partial charge in [0, 0.05) is 25.2 Å². The van der Waals surface area contributed by atoms with E-state index in [9.17, 15) is 18.0 Å². The first kappa shape index (κ1) is 20.0. The highest BCUT2D eigenvalue weighted by atomic mass is 19.4. The summed E-state index contributed by atoms with van der Waals surface area (Å²) < 4.78 is 49.0. The molecular formula is C18H19F3N4O3. The van der Waals surface area contributed by atoms with Crippen LogP contribution in [0.25, 0.3) is 11.3 Å². The smallest absolute Gasteiger partial charge is 0.416 e. The van der Waals surface area contributed by atoms with E-state index in [4.69, 9.17) is 15.2 Å². The first-order valence-electron chi connectivity index (χ1n) is 8.62. The van der Waals surface area contributed by atoms with Gasteiger partial charge in [-0.2, -0.15) is 23.1 Å².